The Morgan fingerprint density at radius 2 is 1.29 bits per heavy atom. The number of hydrogen-bond acceptors (Lipinski definition) is 7. The van der Waals surface area contributed by atoms with Gasteiger partial charge in [-0.05, 0) is 20.3 Å². The summed E-state index contributed by atoms with van der Waals surface area (Å²) in [5.41, 5.74) is 0. The van der Waals surface area contributed by atoms with Gasteiger partial charge in [0.25, 0.3) is 11.8 Å². The highest BCUT2D eigenvalue weighted by molar-refractivity contribution is 6.13. The minimum Gasteiger partial charge on any atom is -0.377 e. The first kappa shape index (κ1) is 28.8. The average Bonchev–Trinajstić information content (AvgIpc) is 3.10. The van der Waals surface area contributed by atoms with E-state index >= 15 is 0 Å². The Bertz CT molecular complexity index is 731. The van der Waals surface area contributed by atoms with E-state index in [1.807, 2.05) is 0 Å². The summed E-state index contributed by atoms with van der Waals surface area (Å²) in [6, 6.07) is 0. The molecule has 1 rings (SSSR count). The highest BCUT2D eigenvalue weighted by Crippen LogP contribution is 2.07. The molecule has 0 fully saturated rings. The maximum absolute atomic E-state index is 11.9. The normalized spacial score (nSPS) is 12.7. The molecule has 1 aliphatic heterocycles. The predicted molar refractivity (Wildman–Crippen MR) is 122 cm³/mol. The van der Waals surface area contributed by atoms with Crippen molar-refractivity contribution in [3.05, 3.63) is 12.2 Å². The zero-order chi connectivity index (χ0) is 25.3. The highest BCUT2D eigenvalue weighted by atomic mass is 16.5. The van der Waals surface area contributed by atoms with Crippen LogP contribution in [0.25, 0.3) is 0 Å². The Morgan fingerprint density at radius 1 is 0.794 bits per heavy atom. The Balaban J connectivity index is 2.17. The molecule has 0 saturated carbocycles. The zero-order valence-electron chi connectivity index (χ0n) is 19.8. The van der Waals surface area contributed by atoms with Gasteiger partial charge in [-0.1, -0.05) is 0 Å². The van der Waals surface area contributed by atoms with Gasteiger partial charge < -0.3 is 26.0 Å². The van der Waals surface area contributed by atoms with Gasteiger partial charge in [0.15, 0.2) is 0 Å². The zero-order valence-corrected chi connectivity index (χ0v) is 19.8. The number of ether oxygens (including phenoxy) is 1. The summed E-state index contributed by atoms with van der Waals surface area (Å²) < 4.78 is 5.65. The lowest BCUT2D eigenvalue weighted by Crippen LogP contribution is -2.37. The summed E-state index contributed by atoms with van der Waals surface area (Å²) >= 11 is 0. The van der Waals surface area contributed by atoms with E-state index < -0.39 is 17.9 Å². The van der Waals surface area contributed by atoms with Gasteiger partial charge in [-0.25, -0.2) is 0 Å². The molecule has 1 heterocycles. The van der Waals surface area contributed by atoms with Crippen molar-refractivity contribution in [1.82, 2.24) is 26.2 Å². The van der Waals surface area contributed by atoms with Gasteiger partial charge in [0.1, 0.15) is 0 Å². The molecular weight excluding hydrogens is 446 g/mol. The molecule has 34 heavy (non-hydrogen) atoms. The first-order chi connectivity index (χ1) is 16.3. The Morgan fingerprint density at radius 3 is 1.79 bits per heavy atom. The number of carbonyl (C=O) groups is 6. The smallest absolute Gasteiger partial charge is 0.253 e. The maximum atomic E-state index is 11.9. The summed E-state index contributed by atoms with van der Waals surface area (Å²) in [7, 11) is 0. The Hall–Kier alpha value is -3.28. The number of imide groups is 1. The van der Waals surface area contributed by atoms with E-state index in [0.717, 1.165) is 17.1 Å². The number of rotatable bonds is 17. The molecule has 0 bridgehead atoms. The molecule has 0 atom stereocenters. The minimum absolute atomic E-state index is 0.00403. The van der Waals surface area contributed by atoms with Gasteiger partial charge in [0.05, 0.1) is 18.9 Å². The van der Waals surface area contributed by atoms with Crippen LogP contribution in [0.2, 0.25) is 0 Å². The first-order valence-corrected chi connectivity index (χ1v) is 11.5. The number of nitrogens with zero attached hydrogens (tertiary/aromatic N) is 1. The van der Waals surface area contributed by atoms with Crippen molar-refractivity contribution in [3.63, 3.8) is 0 Å². The maximum Gasteiger partial charge on any atom is 0.253 e. The van der Waals surface area contributed by atoms with Crippen molar-refractivity contribution in [1.29, 1.82) is 0 Å². The molecule has 0 saturated heterocycles. The second-order valence-electron chi connectivity index (χ2n) is 7.52. The minimum atomic E-state index is -0.571. The molecule has 4 N–H and O–H groups in total. The van der Waals surface area contributed by atoms with Crippen molar-refractivity contribution in [2.45, 2.75) is 52.1 Å². The fraction of sp³-hybridized carbons (Fsp3) is 0.636. The van der Waals surface area contributed by atoms with Crippen molar-refractivity contribution in [2.24, 2.45) is 0 Å². The van der Waals surface area contributed by atoms with Gasteiger partial charge in [0.2, 0.25) is 23.6 Å². The molecule has 0 aliphatic carbocycles. The van der Waals surface area contributed by atoms with Crippen LogP contribution in [0, 0.1) is 0 Å². The second-order valence-corrected chi connectivity index (χ2v) is 7.52. The molecule has 0 spiro atoms. The standard InChI is InChI=1S/C22H35N5O7/c1-3-23-19(30)14-16(15-20(31)24-4-2)34-13-5-6-17(28)25-10-11-26-18(29)9-12-27-21(32)7-8-22(27)33/h7-8,16H,3-6,9-15H2,1-2H3,(H,23,30)(H,24,31)(H,25,28)(H,26,29). The van der Waals surface area contributed by atoms with Crippen molar-refractivity contribution in [3.8, 4) is 0 Å². The third-order valence-corrected chi connectivity index (χ3v) is 4.71. The van der Waals surface area contributed by atoms with E-state index in [-0.39, 0.29) is 75.6 Å². The molecule has 6 amide bonds. The summed E-state index contributed by atoms with van der Waals surface area (Å²) in [5, 5.41) is 10.6. The molecule has 190 valence electrons. The third-order valence-electron chi connectivity index (χ3n) is 4.71. The molecular formula is C22H35N5O7. The van der Waals surface area contributed by atoms with Crippen molar-refractivity contribution >= 4 is 35.4 Å². The van der Waals surface area contributed by atoms with Gasteiger partial charge in [-0.2, -0.15) is 0 Å². The number of carbonyl (C=O) groups excluding carboxylic acids is 6. The van der Waals surface area contributed by atoms with E-state index in [0.29, 0.717) is 19.5 Å². The fourth-order valence-corrected chi connectivity index (χ4v) is 3.07. The van der Waals surface area contributed by atoms with Crippen LogP contribution in [0.1, 0.15) is 46.0 Å². The van der Waals surface area contributed by atoms with Gasteiger partial charge >= 0.3 is 0 Å². The Kier molecular flexibility index (Phi) is 13.8. The average molecular weight is 482 g/mol. The van der Waals surface area contributed by atoms with Crippen LogP contribution in [-0.2, 0) is 33.5 Å². The summed E-state index contributed by atoms with van der Waals surface area (Å²) in [6.07, 6.45) is 2.46. The van der Waals surface area contributed by atoms with Crippen molar-refractivity contribution in [2.75, 3.05) is 39.3 Å². The van der Waals surface area contributed by atoms with Gasteiger partial charge in [-0.3, -0.25) is 33.7 Å². The van der Waals surface area contributed by atoms with E-state index in [2.05, 4.69) is 21.3 Å². The number of hydrogen-bond donors (Lipinski definition) is 4. The summed E-state index contributed by atoms with van der Waals surface area (Å²) in [5.74, 6) is -1.83. The van der Waals surface area contributed by atoms with E-state index in [1.54, 1.807) is 13.8 Å². The SMILES string of the molecule is CCNC(=O)CC(CC(=O)NCC)OCCCC(=O)NCCNC(=O)CCN1C(=O)C=CC1=O. The molecule has 12 heteroatoms. The molecule has 0 radical (unpaired) electrons. The molecule has 0 unspecified atom stereocenters. The van der Waals surface area contributed by atoms with Gasteiger partial charge in [0, 0.05) is 64.3 Å². The summed E-state index contributed by atoms with van der Waals surface area (Å²) in [4.78, 5) is 71.2. The molecule has 0 aromatic rings. The van der Waals surface area contributed by atoms with Crippen LogP contribution in [0.5, 0.6) is 0 Å². The number of amides is 6. The van der Waals surface area contributed by atoms with E-state index in [1.165, 1.54) is 0 Å². The molecule has 1 aliphatic rings. The highest BCUT2D eigenvalue weighted by Gasteiger charge is 2.23. The largest absolute Gasteiger partial charge is 0.377 e. The van der Waals surface area contributed by atoms with Crippen LogP contribution >= 0.6 is 0 Å². The lowest BCUT2D eigenvalue weighted by atomic mass is 10.1. The molecule has 0 aromatic carbocycles. The third kappa shape index (κ3) is 12.1. The predicted octanol–water partition coefficient (Wildman–Crippen LogP) is -1.25. The van der Waals surface area contributed by atoms with Gasteiger partial charge in [-0.15, -0.1) is 0 Å². The van der Waals surface area contributed by atoms with Crippen molar-refractivity contribution < 1.29 is 33.5 Å². The molecule has 0 aromatic heterocycles. The van der Waals surface area contributed by atoms with Crippen LogP contribution in [-0.4, -0.2) is 85.8 Å². The lowest BCUT2D eigenvalue weighted by Gasteiger charge is -2.17. The monoisotopic (exact) mass is 481 g/mol. The van der Waals surface area contributed by atoms with Crippen LogP contribution < -0.4 is 21.3 Å². The van der Waals surface area contributed by atoms with Crippen LogP contribution in [0.3, 0.4) is 0 Å². The lowest BCUT2D eigenvalue weighted by molar-refractivity contribution is -0.137. The number of nitrogens with one attached hydrogen (secondary N) is 4. The van der Waals surface area contributed by atoms with E-state index in [4.69, 9.17) is 4.74 Å². The van der Waals surface area contributed by atoms with Crippen LogP contribution in [0.15, 0.2) is 12.2 Å². The molecule has 12 nitrogen and oxygen atoms in total. The first-order valence-electron chi connectivity index (χ1n) is 11.5. The quantitative estimate of drug-likeness (QED) is 0.149. The topological polar surface area (TPSA) is 163 Å². The van der Waals surface area contributed by atoms with E-state index in [9.17, 15) is 28.8 Å². The summed E-state index contributed by atoms with van der Waals surface area (Å²) in [6.45, 7) is 5.25. The Labute approximate surface area is 199 Å². The fourth-order valence-electron chi connectivity index (χ4n) is 3.07. The van der Waals surface area contributed by atoms with Crippen LogP contribution in [0.4, 0.5) is 0 Å². The second kappa shape index (κ2) is 16.4.